The number of Topliss-reactive ketones (excluding diaryl/α,β-unsaturated/α-hetero) is 1. The number of phenolic OH excluding ortho intramolecular Hbond substituents is 1. The summed E-state index contributed by atoms with van der Waals surface area (Å²) < 4.78 is 0. The van der Waals surface area contributed by atoms with Gasteiger partial charge >= 0.3 is 0 Å². The fourth-order valence-corrected chi connectivity index (χ4v) is 1.81. The zero-order valence-electron chi connectivity index (χ0n) is 10.8. The van der Waals surface area contributed by atoms with Gasteiger partial charge in [-0.1, -0.05) is 32.9 Å². The van der Waals surface area contributed by atoms with E-state index in [4.69, 9.17) is 0 Å². The van der Waals surface area contributed by atoms with Gasteiger partial charge in [-0.25, -0.2) is 5.11 Å². The number of hydrogen-bond donors (Lipinski definition) is 1. The van der Waals surface area contributed by atoms with Crippen LogP contribution in [0.25, 0.3) is 0 Å². The van der Waals surface area contributed by atoms with Crippen molar-refractivity contribution in [1.29, 1.82) is 0 Å². The molecule has 1 aromatic carbocycles. The summed E-state index contributed by atoms with van der Waals surface area (Å²) in [6, 6.07) is 3.58. The van der Waals surface area contributed by atoms with Crippen LogP contribution >= 0.6 is 0 Å². The van der Waals surface area contributed by atoms with Gasteiger partial charge in [0.25, 0.3) is 0 Å². The third kappa shape index (κ3) is 3.30. The predicted octanol–water partition coefficient (Wildman–Crippen LogP) is 2.54. The molecule has 0 saturated carbocycles. The minimum Gasteiger partial charge on any atom is -0.507 e. The third-order valence-electron chi connectivity index (χ3n) is 2.73. The van der Waals surface area contributed by atoms with Gasteiger partial charge in [-0.05, 0) is 29.0 Å². The van der Waals surface area contributed by atoms with E-state index in [0.29, 0.717) is 0 Å². The van der Waals surface area contributed by atoms with Crippen molar-refractivity contribution in [2.45, 2.75) is 39.5 Å². The molecule has 1 N–H and O–H groups in total. The SMILES string of the molecule is Cc1cc(CC(=O)C[O])cc(C(C)(C)C)c1O. The van der Waals surface area contributed by atoms with Crippen LogP contribution in [-0.2, 0) is 21.7 Å². The van der Waals surface area contributed by atoms with Crippen LogP contribution in [0.3, 0.4) is 0 Å². The molecule has 0 aliphatic heterocycles. The Morgan fingerprint density at radius 1 is 1.29 bits per heavy atom. The van der Waals surface area contributed by atoms with E-state index in [1.54, 1.807) is 13.0 Å². The minimum atomic E-state index is -0.690. The highest BCUT2D eigenvalue weighted by atomic mass is 16.3. The summed E-state index contributed by atoms with van der Waals surface area (Å²) in [5, 5.41) is 20.5. The number of carbonyl (C=O) groups is 1. The second-order valence-corrected chi connectivity index (χ2v) is 5.42. The number of phenols is 1. The minimum absolute atomic E-state index is 0.147. The molecule has 0 spiro atoms. The highest BCUT2D eigenvalue weighted by Crippen LogP contribution is 2.34. The van der Waals surface area contributed by atoms with Crippen molar-refractivity contribution >= 4 is 5.78 Å². The Kier molecular flexibility index (Phi) is 3.94. The molecule has 0 aliphatic rings. The zero-order chi connectivity index (χ0) is 13.2. The van der Waals surface area contributed by atoms with Crippen LogP contribution in [0.1, 0.15) is 37.5 Å². The van der Waals surface area contributed by atoms with E-state index in [-0.39, 0.29) is 23.4 Å². The molecule has 0 bridgehead atoms. The molecule has 0 fully saturated rings. The maximum Gasteiger partial charge on any atom is 0.166 e. The standard InChI is InChI=1S/C14H19O3/c1-9-5-10(6-11(16)8-15)7-12(13(9)17)14(2,3)4/h5,7,17H,6,8H2,1-4H3. The van der Waals surface area contributed by atoms with Crippen LogP contribution in [0.15, 0.2) is 12.1 Å². The molecule has 1 radical (unpaired) electrons. The van der Waals surface area contributed by atoms with Crippen LogP contribution in [0, 0.1) is 6.92 Å². The van der Waals surface area contributed by atoms with Crippen LogP contribution in [-0.4, -0.2) is 17.5 Å². The van der Waals surface area contributed by atoms with Gasteiger partial charge in [0.1, 0.15) is 12.4 Å². The summed E-state index contributed by atoms with van der Waals surface area (Å²) in [4.78, 5) is 11.2. The summed E-state index contributed by atoms with van der Waals surface area (Å²) >= 11 is 0. The van der Waals surface area contributed by atoms with Crippen LogP contribution < -0.4 is 0 Å². The molecule has 1 rings (SSSR count). The summed E-state index contributed by atoms with van der Waals surface area (Å²) in [7, 11) is 0. The van der Waals surface area contributed by atoms with Gasteiger partial charge in [-0.15, -0.1) is 0 Å². The van der Waals surface area contributed by atoms with E-state index in [1.165, 1.54) is 0 Å². The first-order valence-corrected chi connectivity index (χ1v) is 5.68. The first-order chi connectivity index (χ1) is 7.75. The third-order valence-corrected chi connectivity index (χ3v) is 2.73. The molecular weight excluding hydrogens is 216 g/mol. The number of aromatic hydroxyl groups is 1. The molecule has 0 saturated heterocycles. The molecule has 0 aliphatic carbocycles. The summed E-state index contributed by atoms with van der Waals surface area (Å²) in [6.07, 6.45) is 0.147. The molecule has 93 valence electrons. The second-order valence-electron chi connectivity index (χ2n) is 5.42. The van der Waals surface area contributed by atoms with Crippen molar-refractivity contribution in [2.75, 3.05) is 6.61 Å². The maximum atomic E-state index is 11.2. The summed E-state index contributed by atoms with van der Waals surface area (Å²) in [5.74, 6) is -0.0502. The van der Waals surface area contributed by atoms with Gasteiger partial charge in [0.15, 0.2) is 5.78 Å². The van der Waals surface area contributed by atoms with Gasteiger partial charge in [0.05, 0.1) is 0 Å². The van der Waals surface area contributed by atoms with E-state index in [9.17, 15) is 15.0 Å². The lowest BCUT2D eigenvalue weighted by molar-refractivity contribution is -0.122. The highest BCUT2D eigenvalue weighted by molar-refractivity contribution is 5.82. The predicted molar refractivity (Wildman–Crippen MR) is 65.8 cm³/mol. The Morgan fingerprint density at radius 3 is 2.35 bits per heavy atom. The topological polar surface area (TPSA) is 57.2 Å². The van der Waals surface area contributed by atoms with Crippen LogP contribution in [0.2, 0.25) is 0 Å². The second kappa shape index (κ2) is 4.88. The first kappa shape index (κ1) is 13.7. The number of ketones is 1. The largest absolute Gasteiger partial charge is 0.507 e. The van der Waals surface area contributed by atoms with Gasteiger partial charge in [0.2, 0.25) is 0 Å². The smallest absolute Gasteiger partial charge is 0.166 e. The Hall–Kier alpha value is -1.35. The van der Waals surface area contributed by atoms with E-state index < -0.39 is 6.61 Å². The highest BCUT2D eigenvalue weighted by Gasteiger charge is 2.20. The molecule has 0 unspecified atom stereocenters. The van der Waals surface area contributed by atoms with Crippen molar-refractivity contribution < 1.29 is 15.0 Å². The van der Waals surface area contributed by atoms with Gasteiger partial charge in [-0.2, -0.15) is 0 Å². The molecule has 0 amide bonds. The lowest BCUT2D eigenvalue weighted by atomic mass is 9.83. The first-order valence-electron chi connectivity index (χ1n) is 5.68. The number of hydrogen-bond acceptors (Lipinski definition) is 2. The Morgan fingerprint density at radius 2 is 1.88 bits per heavy atom. The molecule has 3 nitrogen and oxygen atoms in total. The lowest BCUT2D eigenvalue weighted by Gasteiger charge is -2.22. The summed E-state index contributed by atoms with van der Waals surface area (Å²) in [5.41, 5.74) is 2.16. The maximum absolute atomic E-state index is 11.2. The van der Waals surface area contributed by atoms with Gasteiger partial charge in [-0.3, -0.25) is 4.79 Å². The van der Waals surface area contributed by atoms with E-state index in [2.05, 4.69) is 0 Å². The van der Waals surface area contributed by atoms with E-state index in [0.717, 1.165) is 16.7 Å². The van der Waals surface area contributed by atoms with Crippen molar-refractivity contribution in [1.82, 2.24) is 0 Å². The zero-order valence-corrected chi connectivity index (χ0v) is 10.8. The van der Waals surface area contributed by atoms with Crippen molar-refractivity contribution in [2.24, 2.45) is 0 Å². The van der Waals surface area contributed by atoms with Crippen molar-refractivity contribution in [3.63, 3.8) is 0 Å². The number of rotatable bonds is 3. The van der Waals surface area contributed by atoms with Gasteiger partial charge in [0, 0.05) is 6.42 Å². The quantitative estimate of drug-likeness (QED) is 0.875. The molecule has 0 aromatic heterocycles. The molecule has 17 heavy (non-hydrogen) atoms. The molecule has 0 atom stereocenters. The molecular formula is C14H19O3. The molecule has 0 heterocycles. The number of aryl methyl sites for hydroxylation is 1. The van der Waals surface area contributed by atoms with Crippen LogP contribution in [0.5, 0.6) is 5.75 Å². The lowest BCUT2D eigenvalue weighted by Crippen LogP contribution is -2.14. The average molecular weight is 235 g/mol. The van der Waals surface area contributed by atoms with Gasteiger partial charge < -0.3 is 5.11 Å². The Bertz CT molecular complexity index is 428. The fourth-order valence-electron chi connectivity index (χ4n) is 1.81. The van der Waals surface area contributed by atoms with Crippen molar-refractivity contribution in [3.05, 3.63) is 28.8 Å². The fraction of sp³-hybridized carbons (Fsp3) is 0.500. The average Bonchev–Trinajstić information content (AvgIpc) is 2.21. The Labute approximate surface area is 102 Å². The number of carbonyl (C=O) groups excluding carboxylic acids is 1. The van der Waals surface area contributed by atoms with E-state index >= 15 is 0 Å². The molecule has 3 heteroatoms. The monoisotopic (exact) mass is 235 g/mol. The van der Waals surface area contributed by atoms with Crippen molar-refractivity contribution in [3.8, 4) is 5.75 Å². The molecule has 1 aromatic rings. The van der Waals surface area contributed by atoms with Crippen LogP contribution in [0.4, 0.5) is 0 Å². The summed E-state index contributed by atoms with van der Waals surface area (Å²) in [6.45, 7) is 7.11. The normalized spacial score (nSPS) is 11.6. The number of benzene rings is 1. The van der Waals surface area contributed by atoms with E-state index in [1.807, 2.05) is 26.8 Å². The Balaban J connectivity index is 3.20.